The van der Waals surface area contributed by atoms with Crippen molar-refractivity contribution in [3.05, 3.63) is 35.0 Å². The van der Waals surface area contributed by atoms with Gasteiger partial charge in [-0.05, 0) is 6.07 Å². The van der Waals surface area contributed by atoms with Gasteiger partial charge in [-0.25, -0.2) is 14.6 Å². The molecule has 2 rings (SSSR count). The van der Waals surface area contributed by atoms with Crippen molar-refractivity contribution in [2.75, 3.05) is 21.2 Å². The van der Waals surface area contributed by atoms with E-state index < -0.39 is 0 Å². The summed E-state index contributed by atoms with van der Waals surface area (Å²) >= 11 is 5.93. The highest BCUT2D eigenvalue weighted by Gasteiger charge is 2.13. The molecule has 2 aromatic rings. The van der Waals surface area contributed by atoms with Crippen LogP contribution in [-0.4, -0.2) is 51.8 Å². The zero-order valence-corrected chi connectivity index (χ0v) is 12.1. The van der Waals surface area contributed by atoms with E-state index in [2.05, 4.69) is 15.1 Å². The maximum absolute atomic E-state index is 11.8. The minimum Gasteiger partial charge on any atom is -0.377 e. The van der Waals surface area contributed by atoms with E-state index in [0.29, 0.717) is 17.3 Å². The van der Waals surface area contributed by atoms with Crippen molar-refractivity contribution >= 4 is 17.5 Å². The molecule has 0 saturated heterocycles. The van der Waals surface area contributed by atoms with Gasteiger partial charge >= 0.3 is 0 Å². The van der Waals surface area contributed by atoms with Crippen LogP contribution in [0, 0.1) is 0 Å². The van der Waals surface area contributed by atoms with Gasteiger partial charge in [0.1, 0.15) is 11.8 Å². The van der Waals surface area contributed by atoms with Crippen LogP contribution in [0.3, 0.4) is 0 Å². The third-order valence-electron chi connectivity index (χ3n) is 2.45. The molecule has 2 aromatic heterocycles. The third kappa shape index (κ3) is 3.12. The molecule has 0 unspecified atom stereocenters. The minimum atomic E-state index is -0.180. The van der Waals surface area contributed by atoms with Crippen LogP contribution in [-0.2, 0) is 11.3 Å². The lowest BCUT2D eigenvalue weighted by molar-refractivity contribution is 0.0821. The summed E-state index contributed by atoms with van der Waals surface area (Å²) in [6.45, 7) is 0.248. The molecule has 0 atom stereocenters. The van der Waals surface area contributed by atoms with Crippen LogP contribution in [0.5, 0.6) is 0 Å². The molecule has 0 aliphatic rings. The molecule has 0 spiro atoms. The molecular formula is C12H14ClN5O2. The van der Waals surface area contributed by atoms with E-state index in [9.17, 15) is 4.79 Å². The molecule has 106 valence electrons. The van der Waals surface area contributed by atoms with Gasteiger partial charge in [0.15, 0.2) is 17.3 Å². The summed E-state index contributed by atoms with van der Waals surface area (Å²) in [6, 6.07) is 3.19. The zero-order chi connectivity index (χ0) is 14.7. The Bertz CT molecular complexity index is 626. The highest BCUT2D eigenvalue weighted by Crippen LogP contribution is 2.12. The number of hydrogen-bond acceptors (Lipinski definition) is 5. The fourth-order valence-corrected chi connectivity index (χ4v) is 1.75. The van der Waals surface area contributed by atoms with Gasteiger partial charge in [0.2, 0.25) is 0 Å². The fourth-order valence-electron chi connectivity index (χ4n) is 1.56. The van der Waals surface area contributed by atoms with Gasteiger partial charge in [0.25, 0.3) is 5.91 Å². The average molecular weight is 296 g/mol. The number of halogens is 1. The first-order valence-corrected chi connectivity index (χ1v) is 6.19. The summed E-state index contributed by atoms with van der Waals surface area (Å²) in [6.07, 6.45) is 1.64. The average Bonchev–Trinajstić information content (AvgIpc) is 2.87. The maximum Gasteiger partial charge on any atom is 0.273 e. The number of hydrogen-bond donors (Lipinski definition) is 0. The Hall–Kier alpha value is -1.99. The van der Waals surface area contributed by atoms with Crippen LogP contribution in [0.25, 0.3) is 5.82 Å². The number of amides is 1. The van der Waals surface area contributed by atoms with E-state index in [1.165, 1.54) is 9.58 Å². The number of carbonyl (C=O) groups excluding carboxylic acids is 1. The smallest absolute Gasteiger partial charge is 0.273 e. The molecular weight excluding hydrogens is 282 g/mol. The van der Waals surface area contributed by atoms with Crippen molar-refractivity contribution in [2.45, 2.75) is 6.61 Å². The van der Waals surface area contributed by atoms with Crippen LogP contribution in [0.1, 0.15) is 16.3 Å². The van der Waals surface area contributed by atoms with Gasteiger partial charge in [-0.3, -0.25) is 4.79 Å². The topological polar surface area (TPSA) is 73.1 Å². The van der Waals surface area contributed by atoms with Gasteiger partial charge in [0.05, 0.1) is 0 Å². The molecule has 0 saturated carbocycles. The molecule has 0 aromatic carbocycles. The molecule has 0 aliphatic carbocycles. The minimum absolute atomic E-state index is 0.180. The normalized spacial score (nSPS) is 10.6. The molecule has 0 aliphatic heterocycles. The fraction of sp³-hybridized carbons (Fsp3) is 0.333. The first-order valence-electron chi connectivity index (χ1n) is 5.81. The second-order valence-corrected chi connectivity index (χ2v) is 4.63. The Morgan fingerprint density at radius 2 is 2.20 bits per heavy atom. The quantitative estimate of drug-likeness (QED) is 0.792. The second kappa shape index (κ2) is 5.98. The van der Waals surface area contributed by atoms with Crippen LogP contribution >= 0.6 is 11.6 Å². The molecule has 1 amide bonds. The Morgan fingerprint density at radius 3 is 2.85 bits per heavy atom. The van der Waals surface area contributed by atoms with Gasteiger partial charge in [-0.1, -0.05) is 11.6 Å². The van der Waals surface area contributed by atoms with Crippen molar-refractivity contribution in [2.24, 2.45) is 0 Å². The van der Waals surface area contributed by atoms with Crippen molar-refractivity contribution in [1.82, 2.24) is 24.6 Å². The molecule has 7 nitrogen and oxygen atoms in total. The summed E-state index contributed by atoms with van der Waals surface area (Å²) in [4.78, 5) is 21.5. The summed E-state index contributed by atoms with van der Waals surface area (Å²) in [5.74, 6) is 0.752. The lowest BCUT2D eigenvalue weighted by Gasteiger charge is -2.07. The molecule has 0 N–H and O–H groups in total. The number of methoxy groups -OCH3 is 1. The molecule has 0 bridgehead atoms. The maximum atomic E-state index is 11.8. The highest BCUT2D eigenvalue weighted by molar-refractivity contribution is 6.29. The Balaban J connectivity index is 2.34. The van der Waals surface area contributed by atoms with E-state index >= 15 is 0 Å². The largest absolute Gasteiger partial charge is 0.377 e. The molecule has 0 radical (unpaired) electrons. The van der Waals surface area contributed by atoms with E-state index in [-0.39, 0.29) is 17.7 Å². The van der Waals surface area contributed by atoms with Crippen molar-refractivity contribution < 1.29 is 9.53 Å². The van der Waals surface area contributed by atoms with Gasteiger partial charge in [-0.15, -0.1) is 0 Å². The molecule has 20 heavy (non-hydrogen) atoms. The van der Waals surface area contributed by atoms with Gasteiger partial charge in [-0.2, -0.15) is 5.10 Å². The van der Waals surface area contributed by atoms with E-state index in [0.717, 1.165) is 0 Å². The monoisotopic (exact) mass is 295 g/mol. The van der Waals surface area contributed by atoms with Gasteiger partial charge < -0.3 is 9.64 Å². The predicted molar refractivity (Wildman–Crippen MR) is 72.9 cm³/mol. The number of aromatic nitrogens is 4. The van der Waals surface area contributed by atoms with Crippen molar-refractivity contribution in [3.8, 4) is 5.82 Å². The Labute approximate surface area is 121 Å². The lowest BCUT2D eigenvalue weighted by Crippen LogP contribution is -2.22. The first kappa shape index (κ1) is 14.4. The van der Waals surface area contributed by atoms with Crippen molar-refractivity contribution in [3.63, 3.8) is 0 Å². The van der Waals surface area contributed by atoms with E-state index in [1.54, 1.807) is 39.5 Å². The summed E-state index contributed by atoms with van der Waals surface area (Å²) in [5.41, 5.74) is 0.332. The van der Waals surface area contributed by atoms with E-state index in [1.807, 2.05) is 0 Å². The van der Waals surface area contributed by atoms with Crippen LogP contribution in [0.2, 0.25) is 5.15 Å². The van der Waals surface area contributed by atoms with Crippen LogP contribution in [0.15, 0.2) is 18.3 Å². The first-order chi connectivity index (χ1) is 9.51. The van der Waals surface area contributed by atoms with Crippen LogP contribution < -0.4 is 0 Å². The lowest BCUT2D eigenvalue weighted by atomic mass is 10.4. The number of nitrogens with zero attached hydrogens (tertiary/aromatic N) is 5. The number of rotatable bonds is 4. The summed E-state index contributed by atoms with van der Waals surface area (Å²) < 4.78 is 6.45. The Kier molecular flexibility index (Phi) is 4.31. The number of ether oxygens (including phenoxy) is 1. The summed E-state index contributed by atoms with van der Waals surface area (Å²) in [7, 11) is 4.88. The second-order valence-electron chi connectivity index (χ2n) is 4.24. The predicted octanol–water partition coefficient (Wildman–Crippen LogP) is 1.16. The third-order valence-corrected chi connectivity index (χ3v) is 2.64. The molecule has 0 fully saturated rings. The number of carbonyl (C=O) groups is 1. The van der Waals surface area contributed by atoms with Crippen molar-refractivity contribution in [1.29, 1.82) is 0 Å². The van der Waals surface area contributed by atoms with Crippen LogP contribution in [0.4, 0.5) is 0 Å². The van der Waals surface area contributed by atoms with Gasteiger partial charge in [0, 0.05) is 33.5 Å². The van der Waals surface area contributed by atoms with E-state index in [4.69, 9.17) is 16.3 Å². The highest BCUT2D eigenvalue weighted by atomic mass is 35.5. The molecule has 2 heterocycles. The standard InChI is InChI=1S/C12H14ClN5O2/c1-17(2)12(19)8-4-5-18(16-8)11-6-9(13)14-10(15-11)7-20-3/h4-6H,7H2,1-3H3. The zero-order valence-electron chi connectivity index (χ0n) is 11.4. The SMILES string of the molecule is COCc1nc(Cl)cc(-n2ccc(C(=O)N(C)C)n2)n1. The Morgan fingerprint density at radius 1 is 1.45 bits per heavy atom. The molecule has 8 heteroatoms. The summed E-state index contributed by atoms with van der Waals surface area (Å²) in [5, 5.41) is 4.47.